The quantitative estimate of drug-likeness (QED) is 0.856. The third-order valence-corrected chi connectivity index (χ3v) is 3.20. The number of nitrogens with one attached hydrogen (secondary N) is 2. The van der Waals surface area contributed by atoms with E-state index in [0.717, 1.165) is 5.56 Å². The lowest BCUT2D eigenvalue weighted by atomic mass is 10.1. The molecule has 0 aliphatic heterocycles. The van der Waals surface area contributed by atoms with Gasteiger partial charge in [0.1, 0.15) is 5.82 Å². The summed E-state index contributed by atoms with van der Waals surface area (Å²) in [6.07, 6.45) is 0. The van der Waals surface area contributed by atoms with E-state index in [1.54, 1.807) is 0 Å². The lowest BCUT2D eigenvalue weighted by Crippen LogP contribution is -2.40. The monoisotopic (exact) mass is 302 g/mol. The maximum atomic E-state index is 12.8. The minimum Gasteiger partial charge on any atom is -0.356 e. The molecule has 0 saturated heterocycles. The molecule has 0 saturated carbocycles. The van der Waals surface area contributed by atoms with Gasteiger partial charge in [-0.05, 0) is 49.0 Å². The molecule has 2 rings (SSSR count). The van der Waals surface area contributed by atoms with Crippen LogP contribution in [0.15, 0.2) is 54.6 Å². The molecule has 3 nitrogen and oxygen atoms in total. The molecule has 1 atom stereocenters. The Morgan fingerprint density at radius 2 is 1.71 bits per heavy atom. The minimum absolute atomic E-state index is 0.0211. The normalized spacial score (nSPS) is 11.5. The van der Waals surface area contributed by atoms with Crippen LogP contribution in [0.2, 0.25) is 0 Å². The summed E-state index contributed by atoms with van der Waals surface area (Å²) in [6.45, 7) is 1.95. The second kappa shape index (κ2) is 6.95. The van der Waals surface area contributed by atoms with E-state index in [9.17, 15) is 9.18 Å². The topological polar surface area (TPSA) is 41.1 Å². The third-order valence-electron chi connectivity index (χ3n) is 2.98. The third kappa shape index (κ3) is 4.36. The van der Waals surface area contributed by atoms with Gasteiger partial charge in [-0.25, -0.2) is 4.39 Å². The average Bonchev–Trinajstić information content (AvgIpc) is 2.48. The van der Waals surface area contributed by atoms with Crippen LogP contribution in [0.4, 0.5) is 4.39 Å². The molecule has 0 spiro atoms. The Morgan fingerprint density at radius 3 is 2.33 bits per heavy atom. The van der Waals surface area contributed by atoms with Gasteiger partial charge in [-0.15, -0.1) is 0 Å². The summed E-state index contributed by atoms with van der Waals surface area (Å²) in [7, 11) is 0. The highest BCUT2D eigenvalue weighted by molar-refractivity contribution is 7.80. The first-order valence-electron chi connectivity index (χ1n) is 6.48. The Labute approximate surface area is 128 Å². The molecule has 108 valence electrons. The maximum Gasteiger partial charge on any atom is 0.257 e. The van der Waals surface area contributed by atoms with E-state index >= 15 is 0 Å². The summed E-state index contributed by atoms with van der Waals surface area (Å²) in [4.78, 5) is 11.9. The molecule has 1 unspecified atom stereocenters. The van der Waals surface area contributed by atoms with Crippen molar-refractivity contribution in [1.29, 1.82) is 0 Å². The summed E-state index contributed by atoms with van der Waals surface area (Å²) < 4.78 is 12.8. The van der Waals surface area contributed by atoms with Crippen molar-refractivity contribution in [2.75, 3.05) is 0 Å². The standard InChI is InChI=1S/C16H15FN2OS/c1-11(12-5-3-2-4-6-12)18-16(21)19-15(20)13-7-9-14(17)10-8-13/h2-11H,1H3,(H2,18,19,20,21). The van der Waals surface area contributed by atoms with Crippen molar-refractivity contribution in [2.24, 2.45) is 0 Å². The molecule has 0 heterocycles. The zero-order valence-electron chi connectivity index (χ0n) is 11.5. The van der Waals surface area contributed by atoms with Crippen LogP contribution in [0.25, 0.3) is 0 Å². The smallest absolute Gasteiger partial charge is 0.257 e. The number of carbonyl (C=O) groups excluding carboxylic acids is 1. The van der Waals surface area contributed by atoms with Crippen LogP contribution >= 0.6 is 12.2 Å². The zero-order chi connectivity index (χ0) is 15.2. The molecule has 21 heavy (non-hydrogen) atoms. The molecular formula is C16H15FN2OS. The number of amides is 1. The van der Waals surface area contributed by atoms with Crippen LogP contribution < -0.4 is 10.6 Å². The molecule has 0 fully saturated rings. The van der Waals surface area contributed by atoms with Gasteiger partial charge in [0.25, 0.3) is 5.91 Å². The van der Waals surface area contributed by atoms with Crippen molar-refractivity contribution in [3.63, 3.8) is 0 Å². The first kappa shape index (κ1) is 15.1. The van der Waals surface area contributed by atoms with Gasteiger partial charge in [0.2, 0.25) is 0 Å². The van der Waals surface area contributed by atoms with Crippen LogP contribution in [-0.2, 0) is 0 Å². The number of hydrogen-bond acceptors (Lipinski definition) is 2. The van der Waals surface area contributed by atoms with Crippen molar-refractivity contribution < 1.29 is 9.18 Å². The van der Waals surface area contributed by atoms with Gasteiger partial charge in [0.15, 0.2) is 5.11 Å². The molecule has 2 N–H and O–H groups in total. The van der Waals surface area contributed by atoms with E-state index in [2.05, 4.69) is 10.6 Å². The molecule has 1 amide bonds. The highest BCUT2D eigenvalue weighted by Crippen LogP contribution is 2.10. The predicted molar refractivity (Wildman–Crippen MR) is 84.5 cm³/mol. The molecule has 0 aliphatic rings. The molecule has 0 aromatic heterocycles. The van der Waals surface area contributed by atoms with Gasteiger partial charge in [-0.3, -0.25) is 10.1 Å². The number of hydrogen-bond donors (Lipinski definition) is 2. The number of benzene rings is 2. The Morgan fingerprint density at radius 1 is 1.10 bits per heavy atom. The summed E-state index contributed by atoms with van der Waals surface area (Å²) >= 11 is 5.12. The Bertz CT molecular complexity index is 628. The van der Waals surface area contributed by atoms with Crippen LogP contribution in [0.5, 0.6) is 0 Å². The molecule has 0 aliphatic carbocycles. The molecule has 0 radical (unpaired) electrons. The van der Waals surface area contributed by atoms with Gasteiger partial charge < -0.3 is 5.32 Å². The predicted octanol–water partition coefficient (Wildman–Crippen LogP) is 3.19. The van der Waals surface area contributed by atoms with Gasteiger partial charge in [0, 0.05) is 5.56 Å². The Kier molecular flexibility index (Phi) is 5.00. The molecule has 5 heteroatoms. The van der Waals surface area contributed by atoms with Crippen molar-refractivity contribution in [3.8, 4) is 0 Å². The van der Waals surface area contributed by atoms with Crippen LogP contribution in [0.3, 0.4) is 0 Å². The van der Waals surface area contributed by atoms with Crippen LogP contribution in [0.1, 0.15) is 28.9 Å². The Hall–Kier alpha value is -2.27. The van der Waals surface area contributed by atoms with E-state index in [4.69, 9.17) is 12.2 Å². The van der Waals surface area contributed by atoms with Gasteiger partial charge in [0.05, 0.1) is 6.04 Å². The highest BCUT2D eigenvalue weighted by atomic mass is 32.1. The highest BCUT2D eigenvalue weighted by Gasteiger charge is 2.10. The molecule has 2 aromatic rings. The lowest BCUT2D eigenvalue weighted by Gasteiger charge is -2.16. The number of thiocarbonyl (C=S) groups is 1. The van der Waals surface area contributed by atoms with Crippen molar-refractivity contribution in [2.45, 2.75) is 13.0 Å². The summed E-state index contributed by atoms with van der Waals surface area (Å²) in [6, 6.07) is 15.0. The van der Waals surface area contributed by atoms with Crippen molar-refractivity contribution in [3.05, 3.63) is 71.5 Å². The fourth-order valence-electron chi connectivity index (χ4n) is 1.83. The SMILES string of the molecule is CC(NC(=S)NC(=O)c1ccc(F)cc1)c1ccccc1. The van der Waals surface area contributed by atoms with Gasteiger partial charge in [-0.1, -0.05) is 30.3 Å². The zero-order valence-corrected chi connectivity index (χ0v) is 12.3. The van der Waals surface area contributed by atoms with Crippen LogP contribution in [0, 0.1) is 5.82 Å². The van der Waals surface area contributed by atoms with Crippen molar-refractivity contribution >= 4 is 23.2 Å². The lowest BCUT2D eigenvalue weighted by molar-refractivity contribution is 0.0976. The second-order valence-corrected chi connectivity index (χ2v) is 4.98. The first-order valence-corrected chi connectivity index (χ1v) is 6.89. The van der Waals surface area contributed by atoms with Gasteiger partial charge in [-0.2, -0.15) is 0 Å². The maximum absolute atomic E-state index is 12.8. The summed E-state index contributed by atoms with van der Waals surface area (Å²) in [5.41, 5.74) is 1.42. The summed E-state index contributed by atoms with van der Waals surface area (Å²) in [5.74, 6) is -0.752. The average molecular weight is 302 g/mol. The minimum atomic E-state index is -0.384. The summed E-state index contributed by atoms with van der Waals surface area (Å²) in [5, 5.41) is 5.85. The number of rotatable bonds is 3. The Balaban J connectivity index is 1.92. The van der Waals surface area contributed by atoms with E-state index < -0.39 is 0 Å². The van der Waals surface area contributed by atoms with Crippen LogP contribution in [-0.4, -0.2) is 11.0 Å². The van der Waals surface area contributed by atoms with E-state index in [1.165, 1.54) is 24.3 Å². The molecule has 0 bridgehead atoms. The van der Waals surface area contributed by atoms with E-state index in [1.807, 2.05) is 37.3 Å². The van der Waals surface area contributed by atoms with Crippen molar-refractivity contribution in [1.82, 2.24) is 10.6 Å². The fourth-order valence-corrected chi connectivity index (χ4v) is 2.10. The largest absolute Gasteiger partial charge is 0.356 e. The van der Waals surface area contributed by atoms with E-state index in [-0.39, 0.29) is 22.9 Å². The van der Waals surface area contributed by atoms with E-state index in [0.29, 0.717) is 5.56 Å². The first-order chi connectivity index (χ1) is 10.1. The molecular weight excluding hydrogens is 287 g/mol. The number of halogens is 1. The fraction of sp³-hybridized carbons (Fsp3) is 0.125. The second-order valence-electron chi connectivity index (χ2n) is 4.57. The van der Waals surface area contributed by atoms with Gasteiger partial charge >= 0.3 is 0 Å². The number of carbonyl (C=O) groups is 1. The molecule has 2 aromatic carbocycles.